The highest BCUT2D eigenvalue weighted by Crippen LogP contribution is 2.50. The Morgan fingerprint density at radius 2 is 1.97 bits per heavy atom. The van der Waals surface area contributed by atoms with E-state index in [2.05, 4.69) is 17.2 Å². The fraction of sp³-hybridized carbons (Fsp3) is 0.455. The summed E-state index contributed by atoms with van der Waals surface area (Å²) >= 11 is 11.6. The highest BCUT2D eigenvalue weighted by molar-refractivity contribution is 6.30. The van der Waals surface area contributed by atoms with Gasteiger partial charge in [0.15, 0.2) is 6.61 Å². The third-order valence-electron chi connectivity index (χ3n) is 5.45. The maximum atomic E-state index is 13.6. The lowest BCUT2D eigenvalue weighted by Gasteiger charge is -2.54. The normalized spacial score (nSPS) is 22.9. The van der Waals surface area contributed by atoms with Crippen LogP contribution in [0.15, 0.2) is 30.5 Å². The van der Waals surface area contributed by atoms with Gasteiger partial charge in [-0.15, -0.1) is 0 Å². The molecule has 0 radical (unpaired) electrons. The number of nitrogens with zero attached hydrogens (tertiary/aromatic N) is 1. The van der Waals surface area contributed by atoms with Gasteiger partial charge in [-0.05, 0) is 49.9 Å². The predicted octanol–water partition coefficient (Wildman–Crippen LogP) is 5.36. The fourth-order valence-corrected chi connectivity index (χ4v) is 4.25. The van der Waals surface area contributed by atoms with Crippen molar-refractivity contribution in [3.8, 4) is 11.5 Å². The van der Waals surface area contributed by atoms with Crippen molar-refractivity contribution in [2.75, 3.05) is 13.2 Å². The van der Waals surface area contributed by atoms with E-state index in [4.69, 9.17) is 32.7 Å². The van der Waals surface area contributed by atoms with Crippen molar-refractivity contribution in [3.05, 3.63) is 52.0 Å². The smallest absolute Gasteiger partial charge is 0.258 e. The zero-order chi connectivity index (χ0) is 21.9. The molecule has 0 aliphatic heterocycles. The Balaban J connectivity index is 1.50. The summed E-state index contributed by atoms with van der Waals surface area (Å²) in [7, 11) is 0. The molecule has 1 aromatic carbocycles. The van der Waals surface area contributed by atoms with E-state index in [1.54, 1.807) is 12.1 Å². The summed E-state index contributed by atoms with van der Waals surface area (Å²) in [4.78, 5) is 16.4. The lowest BCUT2D eigenvalue weighted by Crippen LogP contribution is -2.63. The van der Waals surface area contributed by atoms with Gasteiger partial charge in [-0.1, -0.05) is 37.0 Å². The van der Waals surface area contributed by atoms with Crippen molar-refractivity contribution in [1.29, 1.82) is 0 Å². The van der Waals surface area contributed by atoms with Crippen LogP contribution in [0.5, 0.6) is 11.5 Å². The Morgan fingerprint density at radius 3 is 2.60 bits per heavy atom. The zero-order valence-electron chi connectivity index (χ0n) is 17.2. The molecule has 0 bridgehead atoms. The average Bonchev–Trinajstić information content (AvgIpc) is 2.68. The molecule has 1 aliphatic carbocycles. The number of aryl methyl sites for hydroxylation is 1. The van der Waals surface area contributed by atoms with E-state index in [9.17, 15) is 9.18 Å². The van der Waals surface area contributed by atoms with Crippen LogP contribution in [-0.2, 0) is 4.79 Å². The summed E-state index contributed by atoms with van der Waals surface area (Å²) in [5, 5.41) is 3.58. The molecular weight excluding hydrogens is 430 g/mol. The van der Waals surface area contributed by atoms with Gasteiger partial charge in [-0.25, -0.2) is 9.37 Å². The number of benzene rings is 1. The topological polar surface area (TPSA) is 60.5 Å². The summed E-state index contributed by atoms with van der Waals surface area (Å²) < 4.78 is 24.9. The first-order valence-electron chi connectivity index (χ1n) is 9.77. The molecule has 0 atom stereocenters. The van der Waals surface area contributed by atoms with E-state index in [1.807, 2.05) is 13.8 Å². The highest BCUT2D eigenvalue weighted by Gasteiger charge is 2.52. The number of amides is 1. The minimum Gasteiger partial charge on any atom is -0.493 e. The molecule has 1 heterocycles. The second-order valence-electron chi connectivity index (χ2n) is 8.28. The van der Waals surface area contributed by atoms with Crippen LogP contribution in [0.4, 0.5) is 4.39 Å². The molecule has 30 heavy (non-hydrogen) atoms. The lowest BCUT2D eigenvalue weighted by atomic mass is 9.57. The van der Waals surface area contributed by atoms with Crippen LogP contribution >= 0.6 is 23.2 Å². The summed E-state index contributed by atoms with van der Waals surface area (Å²) in [6.45, 7) is 6.30. The molecule has 1 fully saturated rings. The zero-order valence-corrected chi connectivity index (χ0v) is 18.7. The number of pyridine rings is 1. The third-order valence-corrected chi connectivity index (χ3v) is 6.15. The van der Waals surface area contributed by atoms with Crippen LogP contribution < -0.4 is 14.8 Å². The first-order chi connectivity index (χ1) is 14.1. The predicted molar refractivity (Wildman–Crippen MR) is 115 cm³/mol. The van der Waals surface area contributed by atoms with Crippen molar-refractivity contribution in [2.24, 2.45) is 5.41 Å². The number of aromatic nitrogens is 1. The number of ether oxygens (including phenoxy) is 2. The van der Waals surface area contributed by atoms with Gasteiger partial charge in [-0.3, -0.25) is 4.79 Å². The number of hydrogen-bond acceptors (Lipinski definition) is 4. The number of hydrogen-bond donors (Lipinski definition) is 1. The van der Waals surface area contributed by atoms with Crippen molar-refractivity contribution in [2.45, 2.75) is 45.6 Å². The Hall–Kier alpha value is -2.05. The van der Waals surface area contributed by atoms with Gasteiger partial charge in [0.25, 0.3) is 5.91 Å². The van der Waals surface area contributed by atoms with Crippen LogP contribution in [0.3, 0.4) is 0 Å². The molecule has 162 valence electrons. The van der Waals surface area contributed by atoms with Crippen LogP contribution in [0.1, 0.15) is 38.7 Å². The molecule has 1 N–H and O–H groups in total. The van der Waals surface area contributed by atoms with Crippen LogP contribution in [0.2, 0.25) is 10.2 Å². The quantitative estimate of drug-likeness (QED) is 0.545. The van der Waals surface area contributed by atoms with E-state index in [0.29, 0.717) is 23.3 Å². The number of carbonyl (C=O) groups is 1. The van der Waals surface area contributed by atoms with Gasteiger partial charge in [0.1, 0.15) is 22.5 Å². The lowest BCUT2D eigenvalue weighted by molar-refractivity contribution is -0.129. The molecule has 0 unspecified atom stereocenters. The van der Waals surface area contributed by atoms with E-state index in [1.165, 1.54) is 18.3 Å². The summed E-state index contributed by atoms with van der Waals surface area (Å²) in [6.07, 6.45) is 3.82. The molecule has 5 nitrogen and oxygen atoms in total. The highest BCUT2D eigenvalue weighted by atomic mass is 35.5. The van der Waals surface area contributed by atoms with Gasteiger partial charge in [0, 0.05) is 17.0 Å². The van der Waals surface area contributed by atoms with E-state index in [-0.39, 0.29) is 28.5 Å². The first-order valence-corrected chi connectivity index (χ1v) is 10.5. The monoisotopic (exact) mass is 454 g/mol. The van der Waals surface area contributed by atoms with Gasteiger partial charge in [-0.2, -0.15) is 0 Å². The number of carbonyl (C=O) groups excluding carboxylic acids is 1. The van der Waals surface area contributed by atoms with Gasteiger partial charge in [0.2, 0.25) is 0 Å². The SMILES string of the molecule is CCC1(NC(=O)COc2cnc(Cl)c(C)c2)CC(C)(COc2ccc(Cl)c(F)c2)C1. The maximum Gasteiger partial charge on any atom is 0.258 e. The Morgan fingerprint density at radius 1 is 1.23 bits per heavy atom. The van der Waals surface area contributed by atoms with Crippen molar-refractivity contribution < 1.29 is 18.7 Å². The molecule has 0 saturated heterocycles. The van der Waals surface area contributed by atoms with E-state index < -0.39 is 5.82 Å². The average molecular weight is 455 g/mol. The molecule has 2 aromatic rings. The van der Waals surface area contributed by atoms with Gasteiger partial charge in [0.05, 0.1) is 17.8 Å². The second-order valence-corrected chi connectivity index (χ2v) is 9.04. The fourth-order valence-electron chi connectivity index (χ4n) is 4.03. The first kappa shape index (κ1) is 22.6. The minimum atomic E-state index is -0.505. The second kappa shape index (κ2) is 8.98. The maximum absolute atomic E-state index is 13.6. The van der Waals surface area contributed by atoms with E-state index in [0.717, 1.165) is 24.8 Å². The number of halogens is 3. The van der Waals surface area contributed by atoms with Crippen molar-refractivity contribution in [1.82, 2.24) is 10.3 Å². The van der Waals surface area contributed by atoms with Crippen LogP contribution in [0.25, 0.3) is 0 Å². The van der Waals surface area contributed by atoms with Crippen molar-refractivity contribution in [3.63, 3.8) is 0 Å². The summed E-state index contributed by atoms with van der Waals surface area (Å²) in [5.74, 6) is 0.248. The molecule has 1 saturated carbocycles. The van der Waals surface area contributed by atoms with Gasteiger partial charge >= 0.3 is 0 Å². The van der Waals surface area contributed by atoms with Crippen molar-refractivity contribution >= 4 is 29.1 Å². The molecule has 3 rings (SSSR count). The Labute approximate surface area is 185 Å². The largest absolute Gasteiger partial charge is 0.493 e. The van der Waals surface area contributed by atoms with Crippen LogP contribution in [-0.4, -0.2) is 29.6 Å². The Bertz CT molecular complexity index is 933. The Kier molecular flexibility index (Phi) is 6.78. The van der Waals surface area contributed by atoms with Crippen LogP contribution in [0, 0.1) is 18.2 Å². The molecule has 0 spiro atoms. The molecular formula is C22H25Cl2FN2O3. The molecule has 8 heteroatoms. The van der Waals surface area contributed by atoms with Gasteiger partial charge < -0.3 is 14.8 Å². The third kappa shape index (κ3) is 5.35. The standard InChI is InChI=1S/C22H25Cl2FN2O3/c1-4-22(27-19(28)10-29-16-7-14(2)20(24)26-9-16)11-21(3,12-22)13-30-15-5-6-17(23)18(25)8-15/h5-9H,4,10-13H2,1-3H3,(H,27,28). The summed E-state index contributed by atoms with van der Waals surface area (Å²) in [5.41, 5.74) is 0.380. The molecule has 1 aromatic heterocycles. The number of rotatable bonds is 8. The molecule has 1 aliphatic rings. The number of nitrogens with one attached hydrogen (secondary N) is 1. The molecule has 1 amide bonds. The van der Waals surface area contributed by atoms with E-state index >= 15 is 0 Å². The minimum absolute atomic E-state index is 0.0664. The summed E-state index contributed by atoms with van der Waals surface area (Å²) in [6, 6.07) is 6.15.